The molecule has 0 aliphatic rings. The van der Waals surface area contributed by atoms with E-state index in [-0.39, 0.29) is 5.91 Å². The second-order valence-corrected chi connectivity index (χ2v) is 5.61. The maximum Gasteiger partial charge on any atom is 0.255 e. The first-order valence-corrected chi connectivity index (χ1v) is 7.74. The van der Waals surface area contributed by atoms with Gasteiger partial charge in [0.15, 0.2) is 0 Å². The van der Waals surface area contributed by atoms with E-state index in [1.54, 1.807) is 0 Å². The van der Waals surface area contributed by atoms with Gasteiger partial charge in [-0.3, -0.25) is 4.79 Å². The fraction of sp³-hybridized carbons (Fsp3) is 0.133. The molecular formula is C15H13Br2NO. The first kappa shape index (κ1) is 14.3. The lowest BCUT2D eigenvalue weighted by atomic mass is 10.1. The number of nitrogens with one attached hydrogen (secondary N) is 1. The molecule has 0 bridgehead atoms. The van der Waals surface area contributed by atoms with Crippen LogP contribution in [0.25, 0.3) is 0 Å². The Morgan fingerprint density at radius 2 is 1.84 bits per heavy atom. The summed E-state index contributed by atoms with van der Waals surface area (Å²) in [7, 11) is 0. The molecule has 0 saturated carbocycles. The number of amides is 1. The maximum absolute atomic E-state index is 12.1. The molecule has 0 fully saturated rings. The van der Waals surface area contributed by atoms with E-state index in [1.165, 1.54) is 0 Å². The van der Waals surface area contributed by atoms with E-state index >= 15 is 0 Å². The van der Waals surface area contributed by atoms with Crippen molar-refractivity contribution in [2.75, 3.05) is 5.32 Å². The zero-order valence-electron chi connectivity index (χ0n) is 10.4. The summed E-state index contributed by atoms with van der Waals surface area (Å²) in [6, 6.07) is 13.3. The van der Waals surface area contributed by atoms with Gasteiger partial charge in [0.05, 0.1) is 0 Å². The number of benzene rings is 2. The van der Waals surface area contributed by atoms with Crippen molar-refractivity contribution in [1.82, 2.24) is 0 Å². The van der Waals surface area contributed by atoms with Gasteiger partial charge in [0.1, 0.15) is 0 Å². The Morgan fingerprint density at radius 1 is 1.16 bits per heavy atom. The number of rotatable bonds is 3. The third-order valence-corrected chi connectivity index (χ3v) is 4.39. The molecule has 0 aromatic heterocycles. The van der Waals surface area contributed by atoms with Crippen molar-refractivity contribution in [3.63, 3.8) is 0 Å². The second-order valence-electron chi connectivity index (χ2n) is 4.20. The lowest BCUT2D eigenvalue weighted by molar-refractivity contribution is 0.102. The maximum atomic E-state index is 12.1. The van der Waals surface area contributed by atoms with Gasteiger partial charge in [-0.25, -0.2) is 0 Å². The van der Waals surface area contributed by atoms with Crippen LogP contribution in [0.15, 0.2) is 46.9 Å². The largest absolute Gasteiger partial charge is 0.322 e. The van der Waals surface area contributed by atoms with E-state index in [2.05, 4.69) is 37.2 Å². The van der Waals surface area contributed by atoms with Crippen molar-refractivity contribution in [2.45, 2.75) is 12.3 Å². The predicted molar refractivity (Wildman–Crippen MR) is 85.9 cm³/mol. The number of alkyl halides is 1. The summed E-state index contributed by atoms with van der Waals surface area (Å²) in [5, 5.41) is 3.72. The molecule has 0 aliphatic heterocycles. The zero-order valence-corrected chi connectivity index (χ0v) is 13.6. The van der Waals surface area contributed by atoms with E-state index in [9.17, 15) is 4.79 Å². The third kappa shape index (κ3) is 3.45. The highest BCUT2D eigenvalue weighted by Crippen LogP contribution is 2.24. The summed E-state index contributed by atoms with van der Waals surface area (Å²) in [5.74, 6) is -0.0951. The standard InChI is InChI=1S/C15H13Br2NO/c1-10-13(17)3-2-4-14(10)18-15(19)12-7-5-11(9-16)6-8-12/h2-8H,9H2,1H3,(H,18,19). The van der Waals surface area contributed by atoms with Gasteiger partial charge < -0.3 is 5.32 Å². The van der Waals surface area contributed by atoms with Gasteiger partial charge in [-0.05, 0) is 42.3 Å². The Labute approximate surface area is 129 Å². The molecule has 0 spiro atoms. The fourth-order valence-corrected chi connectivity index (χ4v) is 2.42. The predicted octanol–water partition coefficient (Wildman–Crippen LogP) is 4.90. The Hall–Kier alpha value is -1.13. The second kappa shape index (κ2) is 6.35. The number of hydrogen-bond donors (Lipinski definition) is 1. The summed E-state index contributed by atoms with van der Waals surface area (Å²) in [6.45, 7) is 1.97. The molecule has 2 aromatic carbocycles. The third-order valence-electron chi connectivity index (χ3n) is 2.89. The molecular weight excluding hydrogens is 370 g/mol. The molecule has 0 saturated heterocycles. The van der Waals surface area contributed by atoms with E-state index < -0.39 is 0 Å². The number of halogens is 2. The molecule has 2 rings (SSSR count). The summed E-state index contributed by atoms with van der Waals surface area (Å²) < 4.78 is 0.986. The van der Waals surface area contributed by atoms with Crippen molar-refractivity contribution >= 4 is 43.5 Å². The van der Waals surface area contributed by atoms with Crippen LogP contribution in [0, 0.1) is 6.92 Å². The van der Waals surface area contributed by atoms with Gasteiger partial charge in [-0.2, -0.15) is 0 Å². The van der Waals surface area contributed by atoms with E-state index in [1.807, 2.05) is 49.4 Å². The number of hydrogen-bond acceptors (Lipinski definition) is 1. The van der Waals surface area contributed by atoms with Crippen molar-refractivity contribution in [2.24, 2.45) is 0 Å². The van der Waals surface area contributed by atoms with Crippen LogP contribution in [0.3, 0.4) is 0 Å². The van der Waals surface area contributed by atoms with Crippen molar-refractivity contribution in [1.29, 1.82) is 0 Å². The van der Waals surface area contributed by atoms with Crippen LogP contribution in [0.5, 0.6) is 0 Å². The molecule has 0 radical (unpaired) electrons. The molecule has 0 unspecified atom stereocenters. The van der Waals surface area contributed by atoms with Crippen LogP contribution < -0.4 is 5.32 Å². The minimum atomic E-state index is -0.0951. The van der Waals surface area contributed by atoms with Crippen LogP contribution >= 0.6 is 31.9 Å². The van der Waals surface area contributed by atoms with Gasteiger partial charge in [-0.1, -0.05) is 50.1 Å². The molecule has 98 valence electrons. The monoisotopic (exact) mass is 381 g/mol. The molecule has 2 aromatic rings. The Balaban J connectivity index is 2.18. The molecule has 19 heavy (non-hydrogen) atoms. The Bertz CT molecular complexity index is 594. The summed E-state index contributed by atoms with van der Waals surface area (Å²) in [6.07, 6.45) is 0. The normalized spacial score (nSPS) is 10.3. The van der Waals surface area contributed by atoms with Gasteiger partial charge in [0.2, 0.25) is 0 Å². The zero-order chi connectivity index (χ0) is 13.8. The topological polar surface area (TPSA) is 29.1 Å². The highest BCUT2D eigenvalue weighted by Gasteiger charge is 2.08. The van der Waals surface area contributed by atoms with Gasteiger partial charge >= 0.3 is 0 Å². The average molecular weight is 383 g/mol. The SMILES string of the molecule is Cc1c(Br)cccc1NC(=O)c1ccc(CBr)cc1. The van der Waals surface area contributed by atoms with E-state index in [4.69, 9.17) is 0 Å². The van der Waals surface area contributed by atoms with E-state index in [0.29, 0.717) is 5.56 Å². The van der Waals surface area contributed by atoms with Crippen molar-refractivity contribution in [3.05, 3.63) is 63.6 Å². The Kier molecular flexibility index (Phi) is 4.77. The van der Waals surface area contributed by atoms with Crippen LogP contribution in [0.4, 0.5) is 5.69 Å². The van der Waals surface area contributed by atoms with Crippen LogP contribution in [0.1, 0.15) is 21.5 Å². The summed E-state index contributed by atoms with van der Waals surface area (Å²) >= 11 is 6.84. The Morgan fingerprint density at radius 3 is 2.47 bits per heavy atom. The molecule has 1 amide bonds. The molecule has 1 N–H and O–H groups in total. The highest BCUT2D eigenvalue weighted by atomic mass is 79.9. The van der Waals surface area contributed by atoms with Crippen molar-refractivity contribution < 1.29 is 4.79 Å². The fourth-order valence-electron chi connectivity index (χ4n) is 1.68. The number of carbonyl (C=O) groups is 1. The molecule has 4 heteroatoms. The van der Waals surface area contributed by atoms with Crippen molar-refractivity contribution in [3.8, 4) is 0 Å². The first-order chi connectivity index (χ1) is 9.11. The molecule has 0 heterocycles. The van der Waals surface area contributed by atoms with Gasteiger partial charge in [0.25, 0.3) is 5.91 Å². The minimum absolute atomic E-state index is 0.0951. The lowest BCUT2D eigenvalue weighted by Crippen LogP contribution is -2.12. The van der Waals surface area contributed by atoms with E-state index in [0.717, 1.165) is 26.6 Å². The van der Waals surface area contributed by atoms with Crippen LogP contribution in [0.2, 0.25) is 0 Å². The summed E-state index contributed by atoms with van der Waals surface area (Å²) in [4.78, 5) is 12.1. The van der Waals surface area contributed by atoms with Gasteiger partial charge in [-0.15, -0.1) is 0 Å². The highest BCUT2D eigenvalue weighted by molar-refractivity contribution is 9.10. The number of carbonyl (C=O) groups excluding carboxylic acids is 1. The lowest BCUT2D eigenvalue weighted by Gasteiger charge is -2.09. The molecule has 0 atom stereocenters. The number of anilines is 1. The first-order valence-electron chi connectivity index (χ1n) is 5.83. The van der Waals surface area contributed by atoms with Crippen LogP contribution in [-0.2, 0) is 5.33 Å². The quantitative estimate of drug-likeness (QED) is 0.751. The minimum Gasteiger partial charge on any atom is -0.322 e. The average Bonchev–Trinajstić information content (AvgIpc) is 2.44. The van der Waals surface area contributed by atoms with Crippen LogP contribution in [-0.4, -0.2) is 5.91 Å². The molecule has 2 nitrogen and oxygen atoms in total. The molecule has 0 aliphatic carbocycles. The van der Waals surface area contributed by atoms with Gasteiger partial charge in [0, 0.05) is 21.1 Å². The smallest absolute Gasteiger partial charge is 0.255 e. The summed E-state index contributed by atoms with van der Waals surface area (Å²) in [5.41, 5.74) is 3.65.